The monoisotopic (exact) mass is 858 g/mol. The van der Waals surface area contributed by atoms with Crippen LogP contribution in [-0.4, -0.2) is 111 Å². The molecule has 0 radical (unpaired) electrons. The standard InChI is InChI=1S/2C20H21F2N7O2/c2*21-15-6-11-4-14(5-12(11)7-16(15)22)24-20-27-26-18(31-20)2-1-3-19(30)29-9-13(10-29)17-8-23-28-25-17/h2*6-8,13-14H,1-5,9-10H2,(H,24,27)(H,23,25,28). The number of fused-ring (bicyclic) bond motifs is 2. The van der Waals surface area contributed by atoms with Crippen LogP contribution in [0.1, 0.15) is 82.9 Å². The minimum atomic E-state index is -0.832. The van der Waals surface area contributed by atoms with Gasteiger partial charge in [0.05, 0.1) is 23.8 Å². The highest BCUT2D eigenvalue weighted by atomic mass is 19.2. The van der Waals surface area contributed by atoms with E-state index < -0.39 is 23.3 Å². The summed E-state index contributed by atoms with van der Waals surface area (Å²) >= 11 is 0. The molecular formula is C40H42F4N14O4. The molecule has 2 aliphatic carbocycles. The number of amides is 2. The molecule has 2 fully saturated rings. The summed E-state index contributed by atoms with van der Waals surface area (Å²) in [7, 11) is 0. The van der Waals surface area contributed by atoms with Gasteiger partial charge in [0, 0.05) is 75.8 Å². The van der Waals surface area contributed by atoms with E-state index in [1.165, 1.54) is 24.3 Å². The third kappa shape index (κ3) is 9.27. The number of aromatic nitrogens is 10. The quantitative estimate of drug-likeness (QED) is 0.114. The Morgan fingerprint density at radius 2 is 0.968 bits per heavy atom. The number of benzene rings is 2. The molecule has 0 saturated carbocycles. The molecule has 0 spiro atoms. The summed E-state index contributed by atoms with van der Waals surface area (Å²) in [6.07, 6.45) is 8.66. The first-order valence-corrected chi connectivity index (χ1v) is 20.5. The van der Waals surface area contributed by atoms with Gasteiger partial charge in [-0.2, -0.15) is 30.8 Å². The zero-order valence-corrected chi connectivity index (χ0v) is 33.3. The van der Waals surface area contributed by atoms with Crippen LogP contribution in [0.5, 0.6) is 0 Å². The van der Waals surface area contributed by atoms with Gasteiger partial charge in [-0.15, -0.1) is 10.2 Å². The third-order valence-corrected chi connectivity index (χ3v) is 11.7. The Bertz CT molecular complexity index is 2270. The van der Waals surface area contributed by atoms with Gasteiger partial charge in [0.1, 0.15) is 0 Å². The fourth-order valence-electron chi connectivity index (χ4n) is 8.25. The minimum absolute atomic E-state index is 0.0600. The van der Waals surface area contributed by atoms with E-state index in [0.29, 0.717) is 102 Å². The lowest BCUT2D eigenvalue weighted by atomic mass is 9.96. The number of H-pyrrole nitrogens is 2. The molecule has 6 heterocycles. The second-order valence-corrected chi connectivity index (χ2v) is 16.1. The van der Waals surface area contributed by atoms with E-state index in [1.807, 2.05) is 9.80 Å². The van der Waals surface area contributed by atoms with Gasteiger partial charge in [-0.3, -0.25) is 9.59 Å². The van der Waals surface area contributed by atoms with Gasteiger partial charge in [-0.1, -0.05) is 10.2 Å². The smallest absolute Gasteiger partial charge is 0.315 e. The highest BCUT2D eigenvalue weighted by Gasteiger charge is 2.34. The van der Waals surface area contributed by atoms with Crippen molar-refractivity contribution in [3.63, 3.8) is 0 Å². The number of carbonyl (C=O) groups excluding carboxylic acids is 2. The number of carbonyl (C=O) groups is 2. The molecule has 2 aliphatic heterocycles. The molecular weight excluding hydrogens is 817 g/mol. The molecule has 18 nitrogen and oxygen atoms in total. The van der Waals surface area contributed by atoms with Gasteiger partial charge in [0.2, 0.25) is 23.6 Å². The number of hydrogen-bond acceptors (Lipinski definition) is 14. The van der Waals surface area contributed by atoms with Crippen LogP contribution >= 0.6 is 0 Å². The summed E-state index contributed by atoms with van der Waals surface area (Å²) in [5.41, 5.74) is 4.90. The lowest BCUT2D eigenvalue weighted by Gasteiger charge is -2.38. The molecule has 2 aromatic carbocycles. The second-order valence-electron chi connectivity index (χ2n) is 16.1. The summed E-state index contributed by atoms with van der Waals surface area (Å²) < 4.78 is 64.8. The van der Waals surface area contributed by atoms with E-state index >= 15 is 0 Å². The van der Waals surface area contributed by atoms with Crippen LogP contribution in [0, 0.1) is 23.3 Å². The van der Waals surface area contributed by atoms with Crippen LogP contribution in [-0.2, 0) is 48.1 Å². The van der Waals surface area contributed by atoms with Crippen molar-refractivity contribution in [1.82, 2.24) is 61.0 Å². The SMILES string of the molecule is O=C(CCCc1nnc(NC2Cc3cc(F)c(F)cc3C2)o1)N1CC(c2cn[nH]n2)C1.O=C(CCCc1nnc(NC2Cc3cc(F)c(F)cc3C2)o1)N1CC(c2cn[nH]n2)C1. The van der Waals surface area contributed by atoms with Crippen molar-refractivity contribution in [3.05, 3.63) is 105 Å². The zero-order chi connectivity index (χ0) is 42.7. The number of halogens is 4. The summed E-state index contributed by atoms with van der Waals surface area (Å²) in [5.74, 6) is -1.73. The lowest BCUT2D eigenvalue weighted by Crippen LogP contribution is -2.48. The Labute approximate surface area is 350 Å². The molecule has 0 unspecified atom stereocenters. The second kappa shape index (κ2) is 17.7. The van der Waals surface area contributed by atoms with Crippen molar-refractivity contribution < 1.29 is 36.0 Å². The van der Waals surface area contributed by atoms with Crippen LogP contribution in [0.25, 0.3) is 0 Å². The Kier molecular flexibility index (Phi) is 11.6. The van der Waals surface area contributed by atoms with Gasteiger partial charge in [0.15, 0.2) is 23.3 Å². The number of aryl methyl sites for hydroxylation is 2. The Balaban J connectivity index is 0.000000158. The van der Waals surface area contributed by atoms with E-state index in [9.17, 15) is 27.2 Å². The first-order valence-electron chi connectivity index (χ1n) is 20.5. The van der Waals surface area contributed by atoms with Crippen molar-refractivity contribution in [2.75, 3.05) is 36.8 Å². The van der Waals surface area contributed by atoms with Gasteiger partial charge in [0.25, 0.3) is 0 Å². The van der Waals surface area contributed by atoms with Crippen LogP contribution in [0.2, 0.25) is 0 Å². The zero-order valence-electron chi connectivity index (χ0n) is 33.3. The maximum absolute atomic E-state index is 13.4. The molecule has 324 valence electrons. The Morgan fingerprint density at radius 3 is 1.31 bits per heavy atom. The van der Waals surface area contributed by atoms with Gasteiger partial charge in [-0.05, 0) is 85.0 Å². The molecule has 0 atom stereocenters. The van der Waals surface area contributed by atoms with E-state index in [4.69, 9.17) is 8.83 Å². The molecule has 10 rings (SSSR count). The topological polar surface area (TPSA) is 226 Å². The number of aromatic amines is 2. The van der Waals surface area contributed by atoms with Crippen molar-refractivity contribution >= 4 is 23.8 Å². The fraction of sp³-hybridized carbons (Fsp3) is 0.450. The molecule has 0 bridgehead atoms. The average Bonchev–Trinajstić information content (AvgIpc) is 4.07. The molecule has 6 aromatic rings. The fourth-order valence-corrected chi connectivity index (χ4v) is 8.25. The number of nitrogens with zero attached hydrogens (tertiary/aromatic N) is 10. The van der Waals surface area contributed by atoms with Crippen LogP contribution in [0.4, 0.5) is 29.6 Å². The van der Waals surface area contributed by atoms with E-state index in [-0.39, 0.29) is 47.8 Å². The molecule has 62 heavy (non-hydrogen) atoms. The van der Waals surface area contributed by atoms with E-state index in [0.717, 1.165) is 33.6 Å². The summed E-state index contributed by atoms with van der Waals surface area (Å²) in [6.45, 7) is 2.66. The molecule has 22 heteroatoms. The molecule has 4 aromatic heterocycles. The number of hydrogen-bond donors (Lipinski definition) is 4. The largest absolute Gasteiger partial charge is 0.408 e. The van der Waals surface area contributed by atoms with Crippen molar-refractivity contribution in [1.29, 1.82) is 0 Å². The molecule has 4 aliphatic rings. The van der Waals surface area contributed by atoms with Crippen molar-refractivity contribution in [2.45, 2.75) is 88.1 Å². The number of anilines is 2. The highest BCUT2D eigenvalue weighted by molar-refractivity contribution is 5.77. The molecule has 2 saturated heterocycles. The number of rotatable bonds is 14. The van der Waals surface area contributed by atoms with Crippen LogP contribution in [0.15, 0.2) is 45.5 Å². The van der Waals surface area contributed by atoms with Gasteiger partial charge in [-0.25, -0.2) is 17.6 Å². The van der Waals surface area contributed by atoms with Crippen LogP contribution in [0.3, 0.4) is 0 Å². The number of likely N-dealkylation sites (tertiary alicyclic amines) is 2. The van der Waals surface area contributed by atoms with Gasteiger partial charge >= 0.3 is 12.0 Å². The van der Waals surface area contributed by atoms with E-state index in [2.05, 4.69) is 61.8 Å². The Hall–Kier alpha value is -6.74. The van der Waals surface area contributed by atoms with Gasteiger partial charge < -0.3 is 29.3 Å². The third-order valence-electron chi connectivity index (χ3n) is 11.7. The minimum Gasteiger partial charge on any atom is -0.408 e. The molecule has 4 N–H and O–H groups in total. The predicted octanol–water partition coefficient (Wildman–Crippen LogP) is 3.99. The Morgan fingerprint density at radius 1 is 0.597 bits per heavy atom. The lowest BCUT2D eigenvalue weighted by molar-refractivity contribution is -0.136. The van der Waals surface area contributed by atoms with Crippen molar-refractivity contribution in [2.24, 2.45) is 0 Å². The van der Waals surface area contributed by atoms with E-state index in [1.54, 1.807) is 12.4 Å². The maximum atomic E-state index is 13.4. The number of nitrogens with one attached hydrogen (secondary N) is 4. The average molecular weight is 859 g/mol. The molecule has 2 amide bonds. The highest BCUT2D eigenvalue weighted by Crippen LogP contribution is 2.30. The summed E-state index contributed by atoms with van der Waals surface area (Å²) in [6, 6.07) is 5.41. The summed E-state index contributed by atoms with van der Waals surface area (Å²) in [4.78, 5) is 28.2. The summed E-state index contributed by atoms with van der Waals surface area (Å²) in [5, 5.41) is 43.1. The normalized spacial score (nSPS) is 16.4. The first-order chi connectivity index (χ1) is 30.1. The predicted molar refractivity (Wildman–Crippen MR) is 208 cm³/mol. The van der Waals surface area contributed by atoms with Crippen LogP contribution < -0.4 is 10.6 Å². The first kappa shape index (κ1) is 40.7. The maximum Gasteiger partial charge on any atom is 0.315 e. The van der Waals surface area contributed by atoms with Crippen molar-refractivity contribution in [3.8, 4) is 0 Å².